The van der Waals surface area contributed by atoms with Gasteiger partial charge >= 0.3 is 5.97 Å². The highest BCUT2D eigenvalue weighted by Crippen LogP contribution is 2.25. The van der Waals surface area contributed by atoms with Gasteiger partial charge in [0.05, 0.1) is 28.3 Å². The van der Waals surface area contributed by atoms with Gasteiger partial charge in [0, 0.05) is 19.2 Å². The van der Waals surface area contributed by atoms with Crippen LogP contribution < -0.4 is 5.32 Å². The van der Waals surface area contributed by atoms with Crippen LogP contribution in [-0.4, -0.2) is 54.9 Å². The topological polar surface area (TPSA) is 145 Å². The molecule has 0 bridgehead atoms. The molecule has 1 aromatic carbocycles. The highest BCUT2D eigenvalue weighted by Gasteiger charge is 2.23. The number of thioether (sulfide) groups is 2. The van der Waals surface area contributed by atoms with Gasteiger partial charge in [0.2, 0.25) is 5.91 Å². The first kappa shape index (κ1) is 21.6. The van der Waals surface area contributed by atoms with Crippen molar-refractivity contribution in [2.24, 2.45) is 7.05 Å². The van der Waals surface area contributed by atoms with Gasteiger partial charge in [-0.1, -0.05) is 23.5 Å². The molecule has 11 nitrogen and oxygen atoms in total. The number of rotatable bonds is 8. The van der Waals surface area contributed by atoms with Crippen molar-refractivity contribution < 1.29 is 19.2 Å². The minimum atomic E-state index is -0.574. The Balaban J connectivity index is 1.71. The van der Waals surface area contributed by atoms with E-state index in [1.54, 1.807) is 18.5 Å². The zero-order chi connectivity index (χ0) is 21.8. The molecule has 13 heteroatoms. The van der Waals surface area contributed by atoms with Crippen molar-refractivity contribution in [1.29, 1.82) is 0 Å². The molecule has 0 fully saturated rings. The molecule has 0 spiro atoms. The lowest BCUT2D eigenvalue weighted by Gasteiger charge is -2.06. The largest absolute Gasteiger partial charge is 0.461 e. The zero-order valence-corrected chi connectivity index (χ0v) is 17.9. The third-order valence-electron chi connectivity index (χ3n) is 3.96. The molecule has 2 N–H and O–H groups in total. The Morgan fingerprint density at radius 2 is 2.13 bits per heavy atom. The number of nitrogens with zero attached hydrogens (tertiary/aromatic N) is 4. The number of fused-ring (bicyclic) bond motifs is 1. The van der Waals surface area contributed by atoms with Gasteiger partial charge in [-0.15, -0.1) is 0 Å². The lowest BCUT2D eigenvalue weighted by Crippen LogP contribution is -2.18. The molecule has 158 valence electrons. The molecule has 0 aliphatic carbocycles. The predicted molar refractivity (Wildman–Crippen MR) is 113 cm³/mol. The molecule has 3 rings (SSSR count). The van der Waals surface area contributed by atoms with E-state index in [1.807, 2.05) is 6.26 Å². The number of nitro benzene ring substituents is 1. The summed E-state index contributed by atoms with van der Waals surface area (Å²) in [5, 5.41) is 14.5. The number of imidazole rings is 2. The van der Waals surface area contributed by atoms with Crippen molar-refractivity contribution in [3.8, 4) is 0 Å². The fourth-order valence-electron chi connectivity index (χ4n) is 2.64. The first-order valence-electron chi connectivity index (χ1n) is 8.68. The Morgan fingerprint density at radius 3 is 2.80 bits per heavy atom. The molecule has 0 aliphatic heterocycles. The van der Waals surface area contributed by atoms with Crippen LogP contribution in [-0.2, 0) is 16.6 Å². The minimum absolute atomic E-state index is 0.00461. The minimum Gasteiger partial charge on any atom is -0.461 e. The summed E-state index contributed by atoms with van der Waals surface area (Å²) in [6, 6.07) is 4.29. The van der Waals surface area contributed by atoms with Crippen LogP contribution in [0.25, 0.3) is 11.0 Å². The molecule has 0 aliphatic rings. The van der Waals surface area contributed by atoms with Crippen LogP contribution in [0.3, 0.4) is 0 Å². The molecule has 30 heavy (non-hydrogen) atoms. The van der Waals surface area contributed by atoms with Gasteiger partial charge in [-0.05, 0) is 19.2 Å². The zero-order valence-electron chi connectivity index (χ0n) is 16.3. The molecular weight excluding hydrogens is 432 g/mol. The molecule has 0 unspecified atom stereocenters. The second kappa shape index (κ2) is 9.17. The Kier molecular flexibility index (Phi) is 6.62. The number of carbonyl (C=O) groups is 2. The predicted octanol–water partition coefficient (Wildman–Crippen LogP) is 2.83. The van der Waals surface area contributed by atoms with Crippen molar-refractivity contribution in [3.63, 3.8) is 0 Å². The van der Waals surface area contributed by atoms with E-state index >= 15 is 0 Å². The number of aromatic amines is 1. The summed E-state index contributed by atoms with van der Waals surface area (Å²) in [5.74, 6) is -0.835. The van der Waals surface area contributed by atoms with Crippen molar-refractivity contribution in [2.45, 2.75) is 17.2 Å². The van der Waals surface area contributed by atoms with E-state index in [1.165, 1.54) is 30.0 Å². The summed E-state index contributed by atoms with van der Waals surface area (Å²) >= 11 is 2.46. The first-order chi connectivity index (χ1) is 14.3. The summed E-state index contributed by atoms with van der Waals surface area (Å²) < 4.78 is 6.62. The number of aromatic nitrogens is 4. The first-order valence-corrected chi connectivity index (χ1v) is 10.9. The highest BCUT2D eigenvalue weighted by molar-refractivity contribution is 7.99. The summed E-state index contributed by atoms with van der Waals surface area (Å²) in [6.45, 7) is 1.90. The van der Waals surface area contributed by atoms with E-state index in [2.05, 4.69) is 20.3 Å². The summed E-state index contributed by atoms with van der Waals surface area (Å²) in [6.07, 6.45) is 1.81. The number of amides is 1. The number of anilines is 1. The number of hydrogen-bond acceptors (Lipinski definition) is 9. The van der Waals surface area contributed by atoms with Crippen LogP contribution in [0.4, 0.5) is 11.5 Å². The van der Waals surface area contributed by atoms with Gasteiger partial charge in [0.1, 0.15) is 0 Å². The number of nitrogens with one attached hydrogen (secondary N) is 2. The fourth-order valence-corrected chi connectivity index (χ4v) is 3.87. The van der Waals surface area contributed by atoms with Crippen molar-refractivity contribution in [3.05, 3.63) is 34.0 Å². The Hall–Kier alpha value is -3.06. The van der Waals surface area contributed by atoms with Crippen LogP contribution in [0.5, 0.6) is 0 Å². The van der Waals surface area contributed by atoms with E-state index in [4.69, 9.17) is 4.74 Å². The van der Waals surface area contributed by atoms with E-state index in [-0.39, 0.29) is 35.5 Å². The molecule has 0 saturated carbocycles. The van der Waals surface area contributed by atoms with Crippen LogP contribution in [0.2, 0.25) is 0 Å². The van der Waals surface area contributed by atoms with E-state index in [9.17, 15) is 19.7 Å². The SMILES string of the molecule is CCOC(=O)c1c(NC(=O)CSc2nc3ccc([N+](=O)[O-])cc3[nH]2)nc(SC)n1C. The number of esters is 1. The second-order valence-corrected chi connectivity index (χ2v) is 7.65. The standard InChI is InChI=1S/C17H18N6O5S2/c1-4-28-15(25)13-14(21-17(29-3)22(13)2)20-12(24)8-30-16-18-10-6-5-9(23(26)27)7-11(10)19-16/h5-7H,4,8H2,1-3H3,(H,18,19)(H,20,24). The Bertz CT molecular complexity index is 1130. The molecule has 0 saturated heterocycles. The summed E-state index contributed by atoms with van der Waals surface area (Å²) in [4.78, 5) is 46.6. The third-order valence-corrected chi connectivity index (χ3v) is 5.56. The fraction of sp³-hybridized carbons (Fsp3) is 0.294. The lowest BCUT2D eigenvalue weighted by atomic mass is 10.3. The summed E-state index contributed by atoms with van der Waals surface area (Å²) in [7, 11) is 1.67. The van der Waals surface area contributed by atoms with E-state index in [0.717, 1.165) is 11.8 Å². The molecule has 1 amide bonds. The van der Waals surface area contributed by atoms with Crippen LogP contribution in [0.1, 0.15) is 17.4 Å². The van der Waals surface area contributed by atoms with Gasteiger partial charge in [-0.3, -0.25) is 14.9 Å². The average Bonchev–Trinajstić information content (AvgIpc) is 3.25. The van der Waals surface area contributed by atoms with Crippen molar-refractivity contribution in [2.75, 3.05) is 23.9 Å². The monoisotopic (exact) mass is 450 g/mol. The molecular formula is C17H18N6O5S2. The van der Waals surface area contributed by atoms with Crippen LogP contribution in [0, 0.1) is 10.1 Å². The number of carbonyl (C=O) groups excluding carboxylic acids is 2. The normalized spacial score (nSPS) is 10.9. The van der Waals surface area contributed by atoms with Crippen molar-refractivity contribution >= 4 is 57.9 Å². The number of nitro groups is 1. The average molecular weight is 451 g/mol. The van der Waals surface area contributed by atoms with Gasteiger partial charge in [-0.2, -0.15) is 0 Å². The lowest BCUT2D eigenvalue weighted by molar-refractivity contribution is -0.384. The second-order valence-electron chi connectivity index (χ2n) is 5.91. The number of non-ortho nitro benzene ring substituents is 1. The number of ether oxygens (including phenoxy) is 1. The number of H-pyrrole nitrogens is 1. The maximum atomic E-state index is 12.4. The van der Waals surface area contributed by atoms with Crippen molar-refractivity contribution in [1.82, 2.24) is 19.5 Å². The molecule has 0 radical (unpaired) electrons. The maximum absolute atomic E-state index is 12.4. The van der Waals surface area contributed by atoms with Crippen LogP contribution >= 0.6 is 23.5 Å². The highest BCUT2D eigenvalue weighted by atomic mass is 32.2. The Labute approximate surface area is 179 Å². The summed E-state index contributed by atoms with van der Waals surface area (Å²) in [5.41, 5.74) is 1.18. The van der Waals surface area contributed by atoms with E-state index < -0.39 is 10.9 Å². The smallest absolute Gasteiger partial charge is 0.358 e. The van der Waals surface area contributed by atoms with E-state index in [0.29, 0.717) is 21.3 Å². The number of hydrogen-bond donors (Lipinski definition) is 2. The third kappa shape index (κ3) is 4.57. The quantitative estimate of drug-likeness (QED) is 0.229. The molecule has 3 aromatic rings. The Morgan fingerprint density at radius 1 is 1.37 bits per heavy atom. The number of benzene rings is 1. The van der Waals surface area contributed by atoms with Gasteiger partial charge in [-0.25, -0.2) is 14.8 Å². The maximum Gasteiger partial charge on any atom is 0.358 e. The molecule has 0 atom stereocenters. The van der Waals surface area contributed by atoms with Gasteiger partial charge in [0.25, 0.3) is 5.69 Å². The van der Waals surface area contributed by atoms with Crippen LogP contribution in [0.15, 0.2) is 28.5 Å². The molecule has 2 heterocycles. The molecule has 2 aromatic heterocycles. The van der Waals surface area contributed by atoms with Gasteiger partial charge < -0.3 is 19.6 Å². The van der Waals surface area contributed by atoms with Gasteiger partial charge in [0.15, 0.2) is 21.8 Å².